The molecule has 16 heavy (non-hydrogen) atoms. The van der Waals surface area contributed by atoms with Gasteiger partial charge in [0.15, 0.2) is 0 Å². The van der Waals surface area contributed by atoms with Gasteiger partial charge in [-0.05, 0) is 41.2 Å². The fourth-order valence-corrected chi connectivity index (χ4v) is 2.88. The molecule has 0 spiro atoms. The number of nitrogens with two attached hydrogens (primary N) is 1. The van der Waals surface area contributed by atoms with E-state index in [0.717, 1.165) is 12.8 Å². The summed E-state index contributed by atoms with van der Waals surface area (Å²) in [5.41, 5.74) is 7.54. The van der Waals surface area contributed by atoms with Gasteiger partial charge in [0.05, 0.1) is 0 Å². The molecule has 0 aliphatic rings. The summed E-state index contributed by atoms with van der Waals surface area (Å²) < 4.78 is 1.38. The van der Waals surface area contributed by atoms with Gasteiger partial charge in [0.1, 0.15) is 0 Å². The van der Waals surface area contributed by atoms with Crippen molar-refractivity contribution in [1.29, 1.82) is 0 Å². The van der Waals surface area contributed by atoms with E-state index in [1.165, 1.54) is 15.6 Å². The first-order chi connectivity index (χ1) is 7.68. The second-order valence-electron chi connectivity index (χ2n) is 4.70. The second-order valence-corrected chi connectivity index (χ2v) is 5.61. The fourth-order valence-electron chi connectivity index (χ4n) is 1.88. The monoisotopic (exact) mass is 233 g/mol. The van der Waals surface area contributed by atoms with Crippen molar-refractivity contribution in [3.05, 3.63) is 35.2 Å². The summed E-state index contributed by atoms with van der Waals surface area (Å²) >= 11 is 1.83. The lowest BCUT2D eigenvalue weighted by molar-refractivity contribution is 0.465. The lowest BCUT2D eigenvalue weighted by Crippen LogP contribution is -2.26. The van der Waals surface area contributed by atoms with Crippen LogP contribution < -0.4 is 5.73 Å². The topological polar surface area (TPSA) is 26.0 Å². The molecule has 2 aromatic rings. The van der Waals surface area contributed by atoms with Gasteiger partial charge in [0.25, 0.3) is 0 Å². The van der Waals surface area contributed by atoms with Gasteiger partial charge in [-0.2, -0.15) is 0 Å². The van der Waals surface area contributed by atoms with E-state index < -0.39 is 0 Å². The molecule has 2 N–H and O–H groups in total. The standard InChI is InChI=1S/C14H19NS/c1-10(2)13(15)8-7-11-9-16-14-6-4-3-5-12(11)14/h3-6,9-10,13H,7-8,15H2,1-2H3. The van der Waals surface area contributed by atoms with Gasteiger partial charge in [-0.15, -0.1) is 11.3 Å². The van der Waals surface area contributed by atoms with Gasteiger partial charge in [-0.3, -0.25) is 0 Å². The highest BCUT2D eigenvalue weighted by Gasteiger charge is 2.09. The Balaban J connectivity index is 2.10. The molecule has 0 bridgehead atoms. The van der Waals surface area contributed by atoms with Crippen LogP contribution in [-0.4, -0.2) is 6.04 Å². The summed E-state index contributed by atoms with van der Waals surface area (Å²) in [6.45, 7) is 4.38. The van der Waals surface area contributed by atoms with E-state index >= 15 is 0 Å². The molecule has 1 aromatic carbocycles. The summed E-state index contributed by atoms with van der Waals surface area (Å²) in [4.78, 5) is 0. The molecule has 2 rings (SSSR count). The lowest BCUT2D eigenvalue weighted by atomic mass is 9.97. The normalized spacial score (nSPS) is 13.5. The summed E-state index contributed by atoms with van der Waals surface area (Å²) in [5.74, 6) is 0.574. The smallest absolute Gasteiger partial charge is 0.0345 e. The van der Waals surface area contributed by atoms with E-state index in [9.17, 15) is 0 Å². The first-order valence-corrected chi connectivity index (χ1v) is 6.77. The number of fused-ring (bicyclic) bond motifs is 1. The number of hydrogen-bond donors (Lipinski definition) is 1. The molecule has 0 saturated carbocycles. The van der Waals surface area contributed by atoms with Gasteiger partial charge in [-0.1, -0.05) is 32.0 Å². The Hall–Kier alpha value is -0.860. The summed E-state index contributed by atoms with van der Waals surface area (Å²) in [7, 11) is 0. The minimum absolute atomic E-state index is 0.318. The third kappa shape index (κ3) is 2.45. The van der Waals surface area contributed by atoms with Crippen LogP contribution in [0.1, 0.15) is 25.8 Å². The molecule has 0 aliphatic carbocycles. The molecule has 1 unspecified atom stereocenters. The second kappa shape index (κ2) is 4.98. The van der Waals surface area contributed by atoms with E-state index in [2.05, 4.69) is 43.5 Å². The van der Waals surface area contributed by atoms with Gasteiger partial charge < -0.3 is 5.73 Å². The minimum atomic E-state index is 0.318. The average molecular weight is 233 g/mol. The third-order valence-corrected chi connectivity index (χ3v) is 4.18. The molecule has 1 atom stereocenters. The molecular weight excluding hydrogens is 214 g/mol. The zero-order valence-corrected chi connectivity index (χ0v) is 10.8. The quantitative estimate of drug-likeness (QED) is 0.853. The molecule has 86 valence electrons. The molecule has 0 aliphatic heterocycles. The largest absolute Gasteiger partial charge is 0.327 e. The Labute approximate surface area is 101 Å². The van der Waals surface area contributed by atoms with Crippen LogP contribution in [0.2, 0.25) is 0 Å². The van der Waals surface area contributed by atoms with Crippen LogP contribution in [0.25, 0.3) is 10.1 Å². The van der Waals surface area contributed by atoms with E-state index in [-0.39, 0.29) is 0 Å². The number of rotatable bonds is 4. The van der Waals surface area contributed by atoms with Crippen molar-refractivity contribution < 1.29 is 0 Å². The first-order valence-electron chi connectivity index (χ1n) is 5.89. The Morgan fingerprint density at radius 1 is 1.25 bits per heavy atom. The summed E-state index contributed by atoms with van der Waals surface area (Å²) in [5, 5.41) is 3.68. The molecule has 0 amide bonds. The Morgan fingerprint density at radius 2 is 2.00 bits per heavy atom. The van der Waals surface area contributed by atoms with Crippen LogP contribution in [0.3, 0.4) is 0 Å². The Bertz CT molecular complexity index is 458. The van der Waals surface area contributed by atoms with Crippen molar-refractivity contribution in [2.24, 2.45) is 11.7 Å². The maximum absolute atomic E-state index is 6.08. The fraction of sp³-hybridized carbons (Fsp3) is 0.429. The van der Waals surface area contributed by atoms with Crippen molar-refractivity contribution in [2.45, 2.75) is 32.7 Å². The predicted octanol–water partition coefficient (Wildman–Crippen LogP) is 3.82. The van der Waals surface area contributed by atoms with Crippen LogP contribution in [0.15, 0.2) is 29.6 Å². The number of hydrogen-bond acceptors (Lipinski definition) is 2. The molecule has 0 fully saturated rings. The zero-order chi connectivity index (χ0) is 11.5. The SMILES string of the molecule is CC(C)C(N)CCc1csc2ccccc12. The number of thiophene rings is 1. The van der Waals surface area contributed by atoms with Crippen LogP contribution in [-0.2, 0) is 6.42 Å². The van der Waals surface area contributed by atoms with Crippen LogP contribution in [0.5, 0.6) is 0 Å². The highest BCUT2D eigenvalue weighted by molar-refractivity contribution is 7.17. The van der Waals surface area contributed by atoms with Crippen molar-refractivity contribution in [3.63, 3.8) is 0 Å². The number of benzene rings is 1. The molecule has 1 nitrogen and oxygen atoms in total. The number of aryl methyl sites for hydroxylation is 1. The summed E-state index contributed by atoms with van der Waals surface area (Å²) in [6, 6.07) is 8.93. The average Bonchev–Trinajstić information content (AvgIpc) is 2.69. The van der Waals surface area contributed by atoms with Gasteiger partial charge in [-0.25, -0.2) is 0 Å². The van der Waals surface area contributed by atoms with Crippen molar-refractivity contribution in [3.8, 4) is 0 Å². The first kappa shape index (κ1) is 11.6. The molecule has 0 saturated heterocycles. The lowest BCUT2D eigenvalue weighted by Gasteiger charge is -2.14. The van der Waals surface area contributed by atoms with E-state index in [1.807, 2.05) is 11.3 Å². The maximum Gasteiger partial charge on any atom is 0.0345 e. The van der Waals surface area contributed by atoms with E-state index in [0.29, 0.717) is 12.0 Å². The van der Waals surface area contributed by atoms with E-state index in [1.54, 1.807) is 0 Å². The Kier molecular flexibility index (Phi) is 3.62. The third-order valence-electron chi connectivity index (χ3n) is 3.16. The molecular formula is C14H19NS. The van der Waals surface area contributed by atoms with Crippen molar-refractivity contribution in [2.75, 3.05) is 0 Å². The molecule has 2 heteroatoms. The minimum Gasteiger partial charge on any atom is -0.327 e. The molecule has 1 aromatic heterocycles. The van der Waals surface area contributed by atoms with Crippen LogP contribution >= 0.6 is 11.3 Å². The van der Waals surface area contributed by atoms with Gasteiger partial charge in [0.2, 0.25) is 0 Å². The maximum atomic E-state index is 6.08. The zero-order valence-electron chi connectivity index (χ0n) is 9.94. The van der Waals surface area contributed by atoms with Crippen molar-refractivity contribution >= 4 is 21.4 Å². The molecule has 0 radical (unpaired) electrons. The van der Waals surface area contributed by atoms with Gasteiger partial charge >= 0.3 is 0 Å². The highest BCUT2D eigenvalue weighted by Crippen LogP contribution is 2.26. The van der Waals surface area contributed by atoms with Gasteiger partial charge in [0, 0.05) is 10.7 Å². The van der Waals surface area contributed by atoms with E-state index in [4.69, 9.17) is 5.73 Å². The van der Waals surface area contributed by atoms with Crippen molar-refractivity contribution in [1.82, 2.24) is 0 Å². The molecule has 1 heterocycles. The van der Waals surface area contributed by atoms with Crippen LogP contribution in [0, 0.1) is 5.92 Å². The van der Waals surface area contributed by atoms with Crippen LogP contribution in [0.4, 0.5) is 0 Å². The highest BCUT2D eigenvalue weighted by atomic mass is 32.1. The Morgan fingerprint density at radius 3 is 2.75 bits per heavy atom. The summed E-state index contributed by atoms with van der Waals surface area (Å²) in [6.07, 6.45) is 2.18. The predicted molar refractivity (Wildman–Crippen MR) is 73.0 cm³/mol.